The Morgan fingerprint density at radius 1 is 0.962 bits per heavy atom. The van der Waals surface area contributed by atoms with Crippen molar-refractivity contribution in [2.24, 2.45) is 0 Å². The molecule has 0 amide bonds. The first kappa shape index (κ1) is 19.4. The van der Waals surface area contributed by atoms with E-state index < -0.39 is 0 Å². The number of hydrogen-bond donors (Lipinski definition) is 2. The van der Waals surface area contributed by atoms with Crippen molar-refractivity contribution in [1.82, 2.24) is 9.80 Å². The van der Waals surface area contributed by atoms with Crippen LogP contribution in [0.2, 0.25) is 0 Å². The quantitative estimate of drug-likeness (QED) is 0.746. The summed E-state index contributed by atoms with van der Waals surface area (Å²) < 4.78 is 11.2. The fourth-order valence-electron chi connectivity index (χ4n) is 3.79. The van der Waals surface area contributed by atoms with Gasteiger partial charge in [0.05, 0.1) is 13.2 Å². The molecular weight excluding hydrogens is 332 g/mol. The van der Waals surface area contributed by atoms with Crippen LogP contribution in [0.5, 0.6) is 11.5 Å². The van der Waals surface area contributed by atoms with Crippen LogP contribution in [0.25, 0.3) is 0 Å². The van der Waals surface area contributed by atoms with E-state index in [4.69, 9.17) is 9.47 Å². The number of likely N-dealkylation sites (tertiary alicyclic amines) is 1. The first-order valence-corrected chi connectivity index (χ1v) is 9.63. The first-order chi connectivity index (χ1) is 12.4. The maximum atomic E-state index is 9.43. The second-order valence-electron chi connectivity index (χ2n) is 7.83. The molecule has 0 aliphatic carbocycles. The molecule has 1 aromatic rings. The van der Waals surface area contributed by atoms with Gasteiger partial charge >= 0.3 is 0 Å². The summed E-state index contributed by atoms with van der Waals surface area (Å²) >= 11 is 0. The minimum absolute atomic E-state index is 0.00764. The number of benzene rings is 1. The normalized spacial score (nSPS) is 22.9. The van der Waals surface area contributed by atoms with Crippen LogP contribution >= 0.6 is 0 Å². The lowest BCUT2D eigenvalue weighted by Crippen LogP contribution is -2.43. The highest BCUT2D eigenvalue weighted by atomic mass is 16.7. The third kappa shape index (κ3) is 4.49. The molecule has 3 aliphatic rings. The predicted octanol–water partition coefficient (Wildman–Crippen LogP) is 2.32. The Balaban J connectivity index is 0.000000158. The van der Waals surface area contributed by atoms with Crippen LogP contribution in [0.4, 0.5) is 0 Å². The van der Waals surface area contributed by atoms with E-state index in [1.165, 1.54) is 0 Å². The summed E-state index contributed by atoms with van der Waals surface area (Å²) in [5.41, 5.74) is 2.28. The highest BCUT2D eigenvalue weighted by Crippen LogP contribution is 2.32. The molecule has 1 aromatic carbocycles. The van der Waals surface area contributed by atoms with E-state index in [1.807, 2.05) is 0 Å². The topological polar surface area (TPSA) is 65.4 Å². The van der Waals surface area contributed by atoms with Crippen molar-refractivity contribution in [1.29, 1.82) is 0 Å². The van der Waals surface area contributed by atoms with Crippen molar-refractivity contribution >= 4 is 0 Å². The van der Waals surface area contributed by atoms with Gasteiger partial charge in [0.15, 0.2) is 17.3 Å². The third-order valence-corrected chi connectivity index (χ3v) is 5.63. The van der Waals surface area contributed by atoms with Gasteiger partial charge in [-0.05, 0) is 50.6 Å². The number of nitrogens with zero attached hydrogens (tertiary/aromatic N) is 2. The predicted molar refractivity (Wildman–Crippen MR) is 100 cm³/mol. The first-order valence-electron chi connectivity index (χ1n) is 9.63. The molecule has 26 heavy (non-hydrogen) atoms. The second-order valence-corrected chi connectivity index (χ2v) is 7.83. The number of ether oxygens (including phenoxy) is 2. The maximum Gasteiger partial charge on any atom is 0.170 e. The summed E-state index contributed by atoms with van der Waals surface area (Å²) in [6, 6.07) is 3.88. The monoisotopic (exact) mass is 364 g/mol. The molecule has 2 fully saturated rings. The summed E-state index contributed by atoms with van der Waals surface area (Å²) in [5, 5.41) is 18.8. The van der Waals surface area contributed by atoms with E-state index in [0.717, 1.165) is 69.8 Å². The van der Waals surface area contributed by atoms with Crippen LogP contribution in [0.3, 0.4) is 0 Å². The molecule has 6 heteroatoms. The van der Waals surface area contributed by atoms with Crippen LogP contribution in [-0.4, -0.2) is 71.7 Å². The van der Waals surface area contributed by atoms with E-state index in [-0.39, 0.29) is 17.3 Å². The summed E-state index contributed by atoms with van der Waals surface area (Å²) in [4.78, 5) is 4.68. The van der Waals surface area contributed by atoms with E-state index in [9.17, 15) is 10.2 Å². The summed E-state index contributed by atoms with van der Waals surface area (Å²) in [6.07, 6.45) is 3.01. The lowest BCUT2D eigenvalue weighted by Gasteiger charge is -2.35. The van der Waals surface area contributed by atoms with Gasteiger partial charge in [0.1, 0.15) is 0 Å². The summed E-state index contributed by atoms with van der Waals surface area (Å²) in [7, 11) is 2.14. The molecule has 0 atom stereocenters. The zero-order chi connectivity index (χ0) is 18.7. The van der Waals surface area contributed by atoms with Crippen molar-refractivity contribution in [3.63, 3.8) is 0 Å². The Morgan fingerprint density at radius 2 is 1.54 bits per heavy atom. The molecular formula is C20H32N2O4. The van der Waals surface area contributed by atoms with Crippen LogP contribution < -0.4 is 0 Å². The molecule has 0 saturated carbocycles. The fourth-order valence-corrected chi connectivity index (χ4v) is 3.79. The molecule has 146 valence electrons. The van der Waals surface area contributed by atoms with Gasteiger partial charge in [-0.2, -0.15) is 0 Å². The second kappa shape index (κ2) is 8.13. The Kier molecular flexibility index (Phi) is 6.07. The smallest absolute Gasteiger partial charge is 0.170 e. The van der Waals surface area contributed by atoms with Crippen LogP contribution in [0.1, 0.15) is 37.8 Å². The molecule has 6 nitrogen and oxygen atoms in total. The zero-order valence-corrected chi connectivity index (χ0v) is 16.2. The minimum atomic E-state index is -0.188. The highest BCUT2D eigenvalue weighted by Gasteiger charge is 2.38. The summed E-state index contributed by atoms with van der Waals surface area (Å²) in [6.45, 7) is 9.99. The molecule has 2 N–H and O–H groups in total. The number of phenolic OH excluding ortho intramolecular Hbond substituents is 2. The van der Waals surface area contributed by atoms with Crippen molar-refractivity contribution in [3.05, 3.63) is 23.3 Å². The number of hydrogen-bond acceptors (Lipinski definition) is 6. The SMILES string of the molecule is CC(C)N1CCc2cc(O)c(O)cc2C1.CN1CCC2(CC1)OCCO2. The molecule has 0 unspecified atom stereocenters. The zero-order valence-electron chi connectivity index (χ0n) is 16.2. The lowest BCUT2D eigenvalue weighted by atomic mass is 9.98. The molecule has 0 bridgehead atoms. The van der Waals surface area contributed by atoms with E-state index >= 15 is 0 Å². The van der Waals surface area contributed by atoms with Crippen molar-refractivity contribution in [3.8, 4) is 11.5 Å². The van der Waals surface area contributed by atoms with Gasteiger partial charge in [0.25, 0.3) is 0 Å². The summed E-state index contributed by atoms with van der Waals surface area (Å²) in [5.74, 6) is -0.210. The Labute approximate surface area is 156 Å². The minimum Gasteiger partial charge on any atom is -0.504 e. The van der Waals surface area contributed by atoms with Gasteiger partial charge in [0, 0.05) is 45.1 Å². The Bertz CT molecular complexity index is 604. The largest absolute Gasteiger partial charge is 0.504 e. The highest BCUT2D eigenvalue weighted by molar-refractivity contribution is 5.46. The molecule has 4 rings (SSSR count). The van der Waals surface area contributed by atoms with Gasteiger partial charge in [-0.25, -0.2) is 0 Å². The Morgan fingerprint density at radius 3 is 2.12 bits per heavy atom. The van der Waals surface area contributed by atoms with Crippen LogP contribution in [0, 0.1) is 0 Å². The molecule has 0 aromatic heterocycles. The Hall–Kier alpha value is -1.34. The van der Waals surface area contributed by atoms with Gasteiger partial charge in [0.2, 0.25) is 0 Å². The third-order valence-electron chi connectivity index (χ3n) is 5.63. The number of rotatable bonds is 1. The van der Waals surface area contributed by atoms with E-state index in [2.05, 4.69) is 30.7 Å². The average molecular weight is 364 g/mol. The van der Waals surface area contributed by atoms with Crippen LogP contribution in [-0.2, 0) is 22.4 Å². The van der Waals surface area contributed by atoms with E-state index in [1.54, 1.807) is 12.1 Å². The van der Waals surface area contributed by atoms with Gasteiger partial charge in [-0.1, -0.05) is 0 Å². The van der Waals surface area contributed by atoms with Crippen molar-refractivity contribution in [2.75, 3.05) is 39.9 Å². The number of piperidine rings is 1. The molecule has 1 spiro atoms. The fraction of sp³-hybridized carbons (Fsp3) is 0.700. The number of aromatic hydroxyl groups is 2. The van der Waals surface area contributed by atoms with Gasteiger partial charge < -0.3 is 24.6 Å². The number of fused-ring (bicyclic) bond motifs is 1. The van der Waals surface area contributed by atoms with E-state index in [0.29, 0.717) is 6.04 Å². The lowest BCUT2D eigenvalue weighted by molar-refractivity contribution is -0.183. The van der Waals surface area contributed by atoms with Crippen molar-refractivity contribution < 1.29 is 19.7 Å². The van der Waals surface area contributed by atoms with Gasteiger partial charge in [-0.3, -0.25) is 4.90 Å². The molecule has 3 heterocycles. The number of phenols is 2. The maximum absolute atomic E-state index is 9.43. The average Bonchev–Trinajstić information content (AvgIpc) is 3.07. The molecule has 2 saturated heterocycles. The standard InChI is InChI=1S/C12H17NO2.C8H15NO2/c1-8(2)13-4-3-9-5-11(14)12(15)6-10(9)7-13;1-9-4-2-8(3-5-9)10-6-7-11-8/h5-6,8,14-15H,3-4,7H2,1-2H3;2-7H2,1H3. The van der Waals surface area contributed by atoms with Crippen molar-refractivity contribution in [2.45, 2.75) is 51.5 Å². The molecule has 0 radical (unpaired) electrons. The van der Waals surface area contributed by atoms with Gasteiger partial charge in [-0.15, -0.1) is 0 Å². The van der Waals surface area contributed by atoms with Crippen LogP contribution in [0.15, 0.2) is 12.1 Å². The molecule has 3 aliphatic heterocycles.